The summed E-state index contributed by atoms with van der Waals surface area (Å²) in [5.74, 6) is -1.48. The first-order valence-corrected chi connectivity index (χ1v) is 5.97. The van der Waals surface area contributed by atoms with E-state index in [1.165, 1.54) is 25.3 Å². The molecule has 0 aliphatic carbocycles. The van der Waals surface area contributed by atoms with E-state index in [9.17, 15) is 18.0 Å². The Balaban J connectivity index is 2.56. The summed E-state index contributed by atoms with van der Waals surface area (Å²) in [4.78, 5) is 17.3. The standard InChI is InChI=1S/C11H7F3N2O3S/c1-19-6-4-2-3-5(15-6)9-16-8(11(12,13)14)7(20-9)10(17)18/h2-4H,1H3,(H,17,18). The molecule has 0 atom stereocenters. The minimum Gasteiger partial charge on any atom is -0.481 e. The number of hydrogen-bond donors (Lipinski definition) is 1. The van der Waals surface area contributed by atoms with Gasteiger partial charge in [0.1, 0.15) is 15.6 Å². The van der Waals surface area contributed by atoms with E-state index in [1.54, 1.807) is 0 Å². The van der Waals surface area contributed by atoms with Crippen LogP contribution in [0.25, 0.3) is 10.7 Å². The predicted octanol–water partition coefficient (Wildman–Crippen LogP) is 2.93. The molecule has 0 bridgehead atoms. The number of carboxylic acid groups (broad SMARTS) is 1. The maximum Gasteiger partial charge on any atom is 0.435 e. The lowest BCUT2D eigenvalue weighted by molar-refractivity contribution is -0.141. The zero-order valence-electron chi connectivity index (χ0n) is 9.93. The highest BCUT2D eigenvalue weighted by Crippen LogP contribution is 2.37. The molecule has 0 amide bonds. The maximum absolute atomic E-state index is 12.7. The molecule has 20 heavy (non-hydrogen) atoms. The molecule has 1 N–H and O–H groups in total. The molecule has 2 heterocycles. The van der Waals surface area contributed by atoms with E-state index in [4.69, 9.17) is 9.84 Å². The molecule has 0 aliphatic rings. The van der Waals surface area contributed by atoms with Crippen molar-refractivity contribution in [3.8, 4) is 16.6 Å². The van der Waals surface area contributed by atoms with Gasteiger partial charge in [-0.15, -0.1) is 11.3 Å². The van der Waals surface area contributed by atoms with Crippen LogP contribution in [0.5, 0.6) is 5.88 Å². The lowest BCUT2D eigenvalue weighted by Crippen LogP contribution is -2.11. The van der Waals surface area contributed by atoms with Gasteiger partial charge in [-0.2, -0.15) is 13.2 Å². The molecule has 0 unspecified atom stereocenters. The summed E-state index contributed by atoms with van der Waals surface area (Å²) in [6.07, 6.45) is -4.83. The van der Waals surface area contributed by atoms with Crippen molar-refractivity contribution in [2.24, 2.45) is 0 Å². The molecule has 0 aliphatic heterocycles. The number of ether oxygens (including phenoxy) is 1. The number of carbonyl (C=O) groups is 1. The van der Waals surface area contributed by atoms with Gasteiger partial charge in [0.2, 0.25) is 5.88 Å². The molecule has 0 aromatic carbocycles. The van der Waals surface area contributed by atoms with Crippen molar-refractivity contribution in [2.45, 2.75) is 6.18 Å². The van der Waals surface area contributed by atoms with Gasteiger partial charge >= 0.3 is 12.1 Å². The first-order chi connectivity index (χ1) is 9.32. The summed E-state index contributed by atoms with van der Waals surface area (Å²) >= 11 is 0.418. The largest absolute Gasteiger partial charge is 0.481 e. The Hall–Kier alpha value is -2.16. The molecule has 9 heteroatoms. The summed E-state index contributed by atoms with van der Waals surface area (Å²) < 4.78 is 43.0. The van der Waals surface area contributed by atoms with E-state index in [-0.39, 0.29) is 16.6 Å². The van der Waals surface area contributed by atoms with Crippen LogP contribution < -0.4 is 4.74 Å². The van der Waals surface area contributed by atoms with E-state index in [2.05, 4.69) is 9.97 Å². The number of thiazole rings is 1. The third-order valence-corrected chi connectivity index (χ3v) is 3.31. The monoisotopic (exact) mass is 304 g/mol. The number of rotatable bonds is 3. The van der Waals surface area contributed by atoms with Gasteiger partial charge < -0.3 is 9.84 Å². The summed E-state index contributed by atoms with van der Waals surface area (Å²) in [7, 11) is 1.36. The number of nitrogens with zero attached hydrogens (tertiary/aromatic N) is 2. The molecule has 0 radical (unpaired) electrons. The summed E-state index contributed by atoms with van der Waals surface area (Å²) in [5, 5.41) is 8.68. The van der Waals surface area contributed by atoms with Crippen molar-refractivity contribution in [2.75, 3.05) is 7.11 Å². The van der Waals surface area contributed by atoms with Gasteiger partial charge in [-0.1, -0.05) is 6.07 Å². The zero-order chi connectivity index (χ0) is 14.9. The van der Waals surface area contributed by atoms with Crippen LogP contribution in [0.3, 0.4) is 0 Å². The number of aromatic carboxylic acids is 1. The van der Waals surface area contributed by atoms with Crippen molar-refractivity contribution < 1.29 is 27.8 Å². The van der Waals surface area contributed by atoms with Crippen LogP contribution >= 0.6 is 11.3 Å². The third-order valence-electron chi connectivity index (χ3n) is 2.24. The van der Waals surface area contributed by atoms with Gasteiger partial charge in [-0.3, -0.25) is 0 Å². The number of pyridine rings is 1. The first kappa shape index (κ1) is 14.3. The lowest BCUT2D eigenvalue weighted by Gasteiger charge is -2.02. The quantitative estimate of drug-likeness (QED) is 0.944. The molecule has 0 saturated heterocycles. The van der Waals surface area contributed by atoms with E-state index in [1.807, 2.05) is 0 Å². The summed E-state index contributed by atoms with van der Waals surface area (Å²) in [6, 6.07) is 4.46. The topological polar surface area (TPSA) is 72.3 Å². The second-order valence-corrected chi connectivity index (χ2v) is 4.56. The smallest absolute Gasteiger partial charge is 0.435 e. The summed E-state index contributed by atoms with van der Waals surface area (Å²) in [6.45, 7) is 0. The molecule has 106 valence electrons. The maximum atomic E-state index is 12.7. The average Bonchev–Trinajstić information content (AvgIpc) is 2.84. The van der Waals surface area contributed by atoms with Crippen LogP contribution in [0.2, 0.25) is 0 Å². The second kappa shape index (κ2) is 5.08. The predicted molar refractivity (Wildman–Crippen MR) is 63.9 cm³/mol. The van der Waals surface area contributed by atoms with Gasteiger partial charge in [-0.05, 0) is 6.07 Å². The molecule has 2 rings (SSSR count). The number of methoxy groups -OCH3 is 1. The fourth-order valence-corrected chi connectivity index (χ4v) is 2.31. The number of halogens is 3. The summed E-state index contributed by atoms with van der Waals surface area (Å²) in [5.41, 5.74) is -1.30. The van der Waals surface area contributed by atoms with Gasteiger partial charge in [0.15, 0.2) is 5.69 Å². The van der Waals surface area contributed by atoms with Crippen LogP contribution in [-0.4, -0.2) is 28.2 Å². The molecule has 2 aromatic heterocycles. The van der Waals surface area contributed by atoms with Crippen molar-refractivity contribution in [3.63, 3.8) is 0 Å². The van der Waals surface area contributed by atoms with E-state index < -0.39 is 22.7 Å². The Morgan fingerprint density at radius 1 is 1.35 bits per heavy atom. The SMILES string of the molecule is COc1cccc(-c2nc(C(F)(F)F)c(C(=O)O)s2)n1. The van der Waals surface area contributed by atoms with Crippen LogP contribution in [0.15, 0.2) is 18.2 Å². The number of alkyl halides is 3. The molecule has 0 fully saturated rings. The Morgan fingerprint density at radius 2 is 2.05 bits per heavy atom. The molecule has 0 saturated carbocycles. The van der Waals surface area contributed by atoms with Crippen molar-refractivity contribution in [1.29, 1.82) is 0 Å². The van der Waals surface area contributed by atoms with E-state index in [0.717, 1.165) is 0 Å². The average molecular weight is 304 g/mol. The van der Waals surface area contributed by atoms with Crippen molar-refractivity contribution in [3.05, 3.63) is 28.8 Å². The van der Waals surface area contributed by atoms with E-state index >= 15 is 0 Å². The highest BCUT2D eigenvalue weighted by Gasteiger charge is 2.40. The van der Waals surface area contributed by atoms with E-state index in [0.29, 0.717) is 11.3 Å². The lowest BCUT2D eigenvalue weighted by atomic mass is 10.3. The minimum absolute atomic E-state index is 0.118. The van der Waals surface area contributed by atoms with Crippen molar-refractivity contribution in [1.82, 2.24) is 9.97 Å². The molecule has 2 aromatic rings. The minimum atomic E-state index is -4.83. The molecular formula is C11H7F3N2O3S. The van der Waals surface area contributed by atoms with Crippen LogP contribution in [0.4, 0.5) is 13.2 Å². The molecule has 0 spiro atoms. The number of carboxylic acids is 1. The number of hydrogen-bond acceptors (Lipinski definition) is 5. The fraction of sp³-hybridized carbons (Fsp3) is 0.182. The Kier molecular flexibility index (Phi) is 3.62. The Bertz CT molecular complexity index is 655. The Morgan fingerprint density at radius 3 is 2.55 bits per heavy atom. The van der Waals surface area contributed by atoms with Crippen molar-refractivity contribution >= 4 is 17.3 Å². The first-order valence-electron chi connectivity index (χ1n) is 5.15. The highest BCUT2D eigenvalue weighted by molar-refractivity contribution is 7.17. The number of aromatic nitrogens is 2. The molecular weight excluding hydrogens is 297 g/mol. The fourth-order valence-electron chi connectivity index (χ4n) is 1.41. The van der Waals surface area contributed by atoms with Gasteiger partial charge in [0.05, 0.1) is 7.11 Å². The zero-order valence-corrected chi connectivity index (χ0v) is 10.7. The van der Waals surface area contributed by atoms with Crippen LogP contribution in [0.1, 0.15) is 15.4 Å². The van der Waals surface area contributed by atoms with Gasteiger partial charge in [0, 0.05) is 6.07 Å². The third kappa shape index (κ3) is 2.72. The van der Waals surface area contributed by atoms with Gasteiger partial charge in [0.25, 0.3) is 0 Å². The highest BCUT2D eigenvalue weighted by atomic mass is 32.1. The normalized spacial score (nSPS) is 11.4. The van der Waals surface area contributed by atoms with Crippen LogP contribution in [-0.2, 0) is 6.18 Å². The van der Waals surface area contributed by atoms with Gasteiger partial charge in [-0.25, -0.2) is 14.8 Å². The molecule has 5 nitrogen and oxygen atoms in total. The Labute approximate surface area is 114 Å². The van der Waals surface area contributed by atoms with Crippen LogP contribution in [0, 0.1) is 0 Å². The second-order valence-electron chi connectivity index (χ2n) is 3.56.